The van der Waals surface area contributed by atoms with Crippen molar-refractivity contribution in [1.29, 1.82) is 0 Å². The van der Waals surface area contributed by atoms with Crippen LogP contribution in [-0.2, 0) is 9.53 Å². The van der Waals surface area contributed by atoms with Crippen molar-refractivity contribution in [3.05, 3.63) is 22.7 Å². The Kier molecular flexibility index (Phi) is 5.30. The number of hydrogen-bond donors (Lipinski definition) is 2. The molecule has 0 heterocycles. The van der Waals surface area contributed by atoms with Gasteiger partial charge in [0.2, 0.25) is 5.91 Å². The molecule has 4 nitrogen and oxygen atoms in total. The summed E-state index contributed by atoms with van der Waals surface area (Å²) in [6.07, 6.45) is -2.58. The summed E-state index contributed by atoms with van der Waals surface area (Å²) in [6.45, 7) is -1.17. The number of carbonyl (C=O) groups is 1. The summed E-state index contributed by atoms with van der Waals surface area (Å²) in [5, 5.41) is 2.50. The van der Waals surface area contributed by atoms with Crippen molar-refractivity contribution in [2.45, 2.75) is 6.43 Å². The summed E-state index contributed by atoms with van der Waals surface area (Å²) in [7, 11) is 0. The van der Waals surface area contributed by atoms with Crippen LogP contribution in [0.1, 0.15) is 0 Å². The smallest absolute Gasteiger partial charge is 0.261 e. The van der Waals surface area contributed by atoms with E-state index in [1.807, 2.05) is 0 Å². The number of rotatable bonds is 5. The van der Waals surface area contributed by atoms with E-state index in [2.05, 4.69) is 26.0 Å². The summed E-state index contributed by atoms with van der Waals surface area (Å²) >= 11 is 3.21. The zero-order valence-electron chi connectivity index (χ0n) is 8.75. The quantitative estimate of drug-likeness (QED) is 0.820. The molecule has 0 aromatic heterocycles. The summed E-state index contributed by atoms with van der Waals surface area (Å²) in [5.41, 5.74) is 6.57. The fourth-order valence-electron chi connectivity index (χ4n) is 1.06. The van der Waals surface area contributed by atoms with Gasteiger partial charge in [-0.2, -0.15) is 0 Å². The second-order valence-electron chi connectivity index (χ2n) is 3.19. The lowest BCUT2D eigenvalue weighted by atomic mass is 10.3. The molecule has 3 N–H and O–H groups in total. The van der Waals surface area contributed by atoms with Crippen molar-refractivity contribution in [2.24, 2.45) is 0 Å². The predicted molar refractivity (Wildman–Crippen MR) is 64.0 cm³/mol. The first-order valence-corrected chi connectivity index (χ1v) is 5.49. The maximum absolute atomic E-state index is 11.7. The van der Waals surface area contributed by atoms with E-state index in [4.69, 9.17) is 5.73 Å². The monoisotopic (exact) mass is 308 g/mol. The van der Waals surface area contributed by atoms with E-state index in [9.17, 15) is 13.6 Å². The van der Waals surface area contributed by atoms with Crippen LogP contribution in [0.3, 0.4) is 0 Å². The minimum absolute atomic E-state index is 0.416. The lowest BCUT2D eigenvalue weighted by Crippen LogP contribution is -2.20. The maximum Gasteiger partial charge on any atom is 0.261 e. The fourth-order valence-corrected chi connectivity index (χ4v) is 1.56. The Bertz CT molecular complexity index is 402. The molecule has 17 heavy (non-hydrogen) atoms. The standard InChI is InChI=1S/C10H11BrF2N2O2/c11-7-3-6(14)1-2-8(7)15-10(16)5-17-4-9(12)13/h1-3,9H,4-5,14H2,(H,15,16). The van der Waals surface area contributed by atoms with Gasteiger partial charge in [0.25, 0.3) is 6.43 Å². The summed E-state index contributed by atoms with van der Waals surface area (Å²) < 4.78 is 28.6. The normalized spacial score (nSPS) is 10.6. The fraction of sp³-hybridized carbons (Fsp3) is 0.300. The molecule has 0 radical (unpaired) electrons. The molecule has 0 aliphatic rings. The zero-order valence-corrected chi connectivity index (χ0v) is 10.3. The first-order chi connectivity index (χ1) is 7.99. The number of hydrogen-bond acceptors (Lipinski definition) is 3. The maximum atomic E-state index is 11.7. The van der Waals surface area contributed by atoms with Crippen LogP contribution in [0.2, 0.25) is 0 Å². The Morgan fingerprint density at radius 3 is 2.82 bits per heavy atom. The number of nitrogen functional groups attached to an aromatic ring is 1. The second-order valence-corrected chi connectivity index (χ2v) is 4.05. The predicted octanol–water partition coefficient (Wildman–Crippen LogP) is 2.25. The molecule has 1 amide bonds. The Morgan fingerprint density at radius 1 is 1.53 bits per heavy atom. The summed E-state index contributed by atoms with van der Waals surface area (Å²) in [4.78, 5) is 11.3. The van der Waals surface area contributed by atoms with Gasteiger partial charge in [-0.25, -0.2) is 8.78 Å². The van der Waals surface area contributed by atoms with E-state index in [1.54, 1.807) is 18.2 Å². The van der Waals surface area contributed by atoms with Crippen molar-refractivity contribution in [3.63, 3.8) is 0 Å². The van der Waals surface area contributed by atoms with E-state index in [0.29, 0.717) is 15.8 Å². The van der Waals surface area contributed by atoms with Crippen LogP contribution in [0.15, 0.2) is 22.7 Å². The van der Waals surface area contributed by atoms with Gasteiger partial charge >= 0.3 is 0 Å². The lowest BCUT2D eigenvalue weighted by molar-refractivity contribution is -0.121. The minimum Gasteiger partial charge on any atom is -0.399 e. The highest BCUT2D eigenvalue weighted by atomic mass is 79.9. The first-order valence-electron chi connectivity index (χ1n) is 4.70. The van der Waals surface area contributed by atoms with Crippen LogP contribution in [-0.4, -0.2) is 25.5 Å². The number of amides is 1. The molecule has 7 heteroatoms. The van der Waals surface area contributed by atoms with E-state index < -0.39 is 25.5 Å². The Labute approximate surface area is 105 Å². The third-order valence-electron chi connectivity index (χ3n) is 1.74. The zero-order chi connectivity index (χ0) is 12.8. The van der Waals surface area contributed by atoms with Gasteiger partial charge in [0.05, 0.1) is 5.69 Å². The summed E-state index contributed by atoms with van der Waals surface area (Å²) in [6, 6.07) is 4.83. The van der Waals surface area contributed by atoms with E-state index in [0.717, 1.165) is 0 Å². The highest BCUT2D eigenvalue weighted by molar-refractivity contribution is 9.10. The van der Waals surface area contributed by atoms with Gasteiger partial charge < -0.3 is 15.8 Å². The number of ether oxygens (including phenoxy) is 1. The number of alkyl halides is 2. The molecule has 1 aromatic carbocycles. The van der Waals surface area contributed by atoms with Gasteiger partial charge in [0, 0.05) is 10.2 Å². The summed E-state index contributed by atoms with van der Waals surface area (Å²) in [5.74, 6) is -0.504. The van der Waals surface area contributed by atoms with Crippen molar-refractivity contribution >= 4 is 33.2 Å². The molecule has 0 fully saturated rings. The van der Waals surface area contributed by atoms with Gasteiger partial charge in [-0.3, -0.25) is 4.79 Å². The SMILES string of the molecule is Nc1ccc(NC(=O)COCC(F)F)c(Br)c1. The molecular formula is C10H11BrF2N2O2. The Morgan fingerprint density at radius 2 is 2.24 bits per heavy atom. The van der Waals surface area contributed by atoms with E-state index >= 15 is 0 Å². The highest BCUT2D eigenvalue weighted by Gasteiger charge is 2.08. The van der Waals surface area contributed by atoms with E-state index in [1.165, 1.54) is 0 Å². The molecule has 0 atom stereocenters. The van der Waals surface area contributed by atoms with Crippen LogP contribution in [0, 0.1) is 0 Å². The molecule has 1 aromatic rings. The lowest BCUT2D eigenvalue weighted by Gasteiger charge is -2.08. The van der Waals surface area contributed by atoms with Gasteiger partial charge in [-0.15, -0.1) is 0 Å². The number of benzene rings is 1. The number of nitrogens with one attached hydrogen (secondary N) is 1. The second kappa shape index (κ2) is 6.51. The molecular weight excluding hydrogens is 298 g/mol. The number of anilines is 2. The molecule has 0 saturated carbocycles. The largest absolute Gasteiger partial charge is 0.399 e. The molecule has 1 rings (SSSR count). The van der Waals surface area contributed by atoms with Gasteiger partial charge in [0.1, 0.15) is 13.2 Å². The molecule has 0 aliphatic carbocycles. The minimum atomic E-state index is -2.58. The molecule has 0 spiro atoms. The van der Waals surface area contributed by atoms with Gasteiger partial charge in [-0.1, -0.05) is 0 Å². The van der Waals surface area contributed by atoms with Gasteiger partial charge in [0.15, 0.2) is 0 Å². The molecule has 94 valence electrons. The van der Waals surface area contributed by atoms with Crippen LogP contribution in [0.5, 0.6) is 0 Å². The molecule has 0 unspecified atom stereocenters. The molecule has 0 bridgehead atoms. The number of nitrogens with two attached hydrogens (primary N) is 1. The van der Waals surface area contributed by atoms with Crippen LogP contribution >= 0.6 is 15.9 Å². The van der Waals surface area contributed by atoms with Crippen molar-refractivity contribution in [2.75, 3.05) is 24.3 Å². The molecule has 0 saturated heterocycles. The van der Waals surface area contributed by atoms with E-state index in [-0.39, 0.29) is 0 Å². The topological polar surface area (TPSA) is 64.3 Å². The van der Waals surface area contributed by atoms with Crippen LogP contribution in [0.25, 0.3) is 0 Å². The van der Waals surface area contributed by atoms with Gasteiger partial charge in [-0.05, 0) is 34.1 Å². The third-order valence-corrected chi connectivity index (χ3v) is 2.40. The van der Waals surface area contributed by atoms with Crippen molar-refractivity contribution in [1.82, 2.24) is 0 Å². The van der Waals surface area contributed by atoms with Crippen LogP contribution < -0.4 is 11.1 Å². The Balaban J connectivity index is 2.45. The van der Waals surface area contributed by atoms with Crippen molar-refractivity contribution in [3.8, 4) is 0 Å². The average Bonchev–Trinajstić information content (AvgIpc) is 2.21. The first kappa shape index (κ1) is 13.9. The number of halogens is 3. The van der Waals surface area contributed by atoms with Crippen LogP contribution in [0.4, 0.5) is 20.2 Å². The highest BCUT2D eigenvalue weighted by Crippen LogP contribution is 2.24. The molecule has 0 aliphatic heterocycles. The Hall–Kier alpha value is -1.21. The third kappa shape index (κ3) is 5.10. The average molecular weight is 309 g/mol. The number of carbonyl (C=O) groups excluding carboxylic acids is 1. The van der Waals surface area contributed by atoms with Crippen molar-refractivity contribution < 1.29 is 18.3 Å².